The lowest BCUT2D eigenvalue weighted by atomic mass is 9.97. The van der Waals surface area contributed by atoms with E-state index < -0.39 is 0 Å². The second kappa shape index (κ2) is 5.07. The third-order valence-electron chi connectivity index (χ3n) is 3.12. The number of pyridine rings is 1. The zero-order valence-electron chi connectivity index (χ0n) is 9.30. The van der Waals surface area contributed by atoms with Crippen LogP contribution in [-0.2, 0) is 0 Å². The number of carbonyl (C=O) groups is 1. The summed E-state index contributed by atoms with van der Waals surface area (Å²) in [6, 6.07) is 5.42. The second-order valence-corrected chi connectivity index (χ2v) is 4.19. The van der Waals surface area contributed by atoms with Crippen molar-refractivity contribution in [3.05, 3.63) is 30.1 Å². The zero-order valence-corrected chi connectivity index (χ0v) is 9.30. The SMILES string of the molecule is NCC1CCN(C(=O)c2ccccn2)CC1. The highest BCUT2D eigenvalue weighted by atomic mass is 16.2. The van der Waals surface area contributed by atoms with Gasteiger partial charge in [-0.2, -0.15) is 0 Å². The number of likely N-dealkylation sites (tertiary alicyclic amines) is 1. The molecule has 1 amide bonds. The van der Waals surface area contributed by atoms with Gasteiger partial charge in [-0.3, -0.25) is 9.78 Å². The molecule has 0 radical (unpaired) electrons. The van der Waals surface area contributed by atoms with E-state index in [9.17, 15) is 4.79 Å². The zero-order chi connectivity index (χ0) is 11.4. The Morgan fingerprint density at radius 1 is 1.44 bits per heavy atom. The standard InChI is InChI=1S/C12H17N3O/c13-9-10-4-7-15(8-5-10)12(16)11-3-1-2-6-14-11/h1-3,6,10H,4-5,7-9,13H2. The summed E-state index contributed by atoms with van der Waals surface area (Å²) in [6.07, 6.45) is 3.67. The molecule has 1 aliphatic rings. The summed E-state index contributed by atoms with van der Waals surface area (Å²) < 4.78 is 0. The van der Waals surface area contributed by atoms with E-state index in [1.54, 1.807) is 12.3 Å². The van der Waals surface area contributed by atoms with Crippen LogP contribution in [0.25, 0.3) is 0 Å². The molecule has 0 unspecified atom stereocenters. The van der Waals surface area contributed by atoms with E-state index in [1.165, 1.54) is 0 Å². The molecule has 1 aliphatic heterocycles. The predicted molar refractivity (Wildman–Crippen MR) is 61.9 cm³/mol. The van der Waals surface area contributed by atoms with Gasteiger partial charge in [-0.25, -0.2) is 0 Å². The Hall–Kier alpha value is -1.42. The molecule has 0 atom stereocenters. The van der Waals surface area contributed by atoms with Gasteiger partial charge in [0.25, 0.3) is 5.91 Å². The summed E-state index contributed by atoms with van der Waals surface area (Å²) in [5.74, 6) is 0.615. The van der Waals surface area contributed by atoms with Crippen molar-refractivity contribution in [2.45, 2.75) is 12.8 Å². The summed E-state index contributed by atoms with van der Waals surface area (Å²) in [6.45, 7) is 2.33. The van der Waals surface area contributed by atoms with Crippen LogP contribution in [0.2, 0.25) is 0 Å². The van der Waals surface area contributed by atoms with Gasteiger partial charge in [0.05, 0.1) is 0 Å². The third kappa shape index (κ3) is 2.39. The van der Waals surface area contributed by atoms with Gasteiger partial charge in [0, 0.05) is 19.3 Å². The molecular formula is C12H17N3O. The first-order chi connectivity index (χ1) is 7.81. The highest BCUT2D eigenvalue weighted by Crippen LogP contribution is 2.17. The monoisotopic (exact) mass is 219 g/mol. The normalized spacial score (nSPS) is 17.4. The van der Waals surface area contributed by atoms with Gasteiger partial charge in [0.1, 0.15) is 5.69 Å². The molecule has 2 N–H and O–H groups in total. The number of hydrogen-bond acceptors (Lipinski definition) is 3. The fourth-order valence-electron chi connectivity index (χ4n) is 2.02. The minimum atomic E-state index is 0.0380. The lowest BCUT2D eigenvalue weighted by Gasteiger charge is -2.31. The molecule has 0 aliphatic carbocycles. The number of aromatic nitrogens is 1. The number of hydrogen-bond donors (Lipinski definition) is 1. The van der Waals surface area contributed by atoms with Crippen LogP contribution in [0.1, 0.15) is 23.3 Å². The Balaban J connectivity index is 1.97. The minimum absolute atomic E-state index is 0.0380. The van der Waals surface area contributed by atoms with E-state index in [2.05, 4.69) is 4.98 Å². The Morgan fingerprint density at radius 2 is 2.19 bits per heavy atom. The van der Waals surface area contributed by atoms with Gasteiger partial charge < -0.3 is 10.6 Å². The van der Waals surface area contributed by atoms with Gasteiger partial charge in [0.15, 0.2) is 0 Å². The summed E-state index contributed by atoms with van der Waals surface area (Å²) >= 11 is 0. The van der Waals surface area contributed by atoms with Crippen molar-refractivity contribution >= 4 is 5.91 Å². The Morgan fingerprint density at radius 3 is 2.75 bits per heavy atom. The first-order valence-electron chi connectivity index (χ1n) is 5.71. The minimum Gasteiger partial charge on any atom is -0.337 e. The van der Waals surface area contributed by atoms with Gasteiger partial charge in [-0.05, 0) is 37.4 Å². The smallest absolute Gasteiger partial charge is 0.272 e. The molecule has 4 nitrogen and oxygen atoms in total. The summed E-state index contributed by atoms with van der Waals surface area (Å²) in [7, 11) is 0. The molecule has 2 rings (SSSR count). The molecule has 1 saturated heterocycles. The summed E-state index contributed by atoms with van der Waals surface area (Å²) in [5, 5.41) is 0. The first kappa shape index (κ1) is 11.1. The summed E-state index contributed by atoms with van der Waals surface area (Å²) in [4.78, 5) is 18.0. The molecule has 0 bridgehead atoms. The van der Waals surface area contributed by atoms with Crippen LogP contribution in [0, 0.1) is 5.92 Å². The average Bonchev–Trinajstić information content (AvgIpc) is 2.39. The Kier molecular flexibility index (Phi) is 3.51. The average molecular weight is 219 g/mol. The Labute approximate surface area is 95.5 Å². The second-order valence-electron chi connectivity index (χ2n) is 4.19. The van der Waals surface area contributed by atoms with E-state index >= 15 is 0 Å². The maximum atomic E-state index is 12.0. The van der Waals surface area contributed by atoms with Crippen molar-refractivity contribution < 1.29 is 4.79 Å². The highest BCUT2D eigenvalue weighted by Gasteiger charge is 2.23. The number of nitrogens with zero attached hydrogens (tertiary/aromatic N) is 2. The highest BCUT2D eigenvalue weighted by molar-refractivity contribution is 5.92. The van der Waals surface area contributed by atoms with Crippen molar-refractivity contribution in [3.8, 4) is 0 Å². The summed E-state index contributed by atoms with van der Waals surface area (Å²) in [5.41, 5.74) is 6.16. The van der Waals surface area contributed by atoms with Gasteiger partial charge in [0.2, 0.25) is 0 Å². The van der Waals surface area contributed by atoms with Crippen molar-refractivity contribution in [3.63, 3.8) is 0 Å². The van der Waals surface area contributed by atoms with Crippen LogP contribution in [0.3, 0.4) is 0 Å². The molecule has 1 aromatic rings. The van der Waals surface area contributed by atoms with Crippen molar-refractivity contribution in [1.29, 1.82) is 0 Å². The van der Waals surface area contributed by atoms with E-state index in [4.69, 9.17) is 5.73 Å². The molecule has 1 fully saturated rings. The fourth-order valence-corrected chi connectivity index (χ4v) is 2.02. The number of rotatable bonds is 2. The van der Waals surface area contributed by atoms with Gasteiger partial charge >= 0.3 is 0 Å². The van der Waals surface area contributed by atoms with Gasteiger partial charge in [-0.1, -0.05) is 6.07 Å². The topological polar surface area (TPSA) is 59.2 Å². The molecule has 0 spiro atoms. The molecule has 4 heteroatoms. The van der Waals surface area contributed by atoms with Crippen LogP contribution >= 0.6 is 0 Å². The van der Waals surface area contributed by atoms with Crippen LogP contribution in [0.15, 0.2) is 24.4 Å². The molecule has 2 heterocycles. The maximum Gasteiger partial charge on any atom is 0.272 e. The lowest BCUT2D eigenvalue weighted by molar-refractivity contribution is 0.0687. The van der Waals surface area contributed by atoms with Crippen LogP contribution in [-0.4, -0.2) is 35.4 Å². The van der Waals surface area contributed by atoms with Crippen LogP contribution < -0.4 is 5.73 Å². The quantitative estimate of drug-likeness (QED) is 0.803. The van der Waals surface area contributed by atoms with E-state index in [0.717, 1.165) is 32.5 Å². The molecule has 1 aromatic heterocycles. The molecule has 16 heavy (non-hydrogen) atoms. The molecular weight excluding hydrogens is 202 g/mol. The third-order valence-corrected chi connectivity index (χ3v) is 3.12. The van der Waals surface area contributed by atoms with Crippen molar-refractivity contribution in [2.24, 2.45) is 11.7 Å². The van der Waals surface area contributed by atoms with E-state index in [1.807, 2.05) is 17.0 Å². The molecule has 0 saturated carbocycles. The largest absolute Gasteiger partial charge is 0.337 e. The number of carbonyl (C=O) groups excluding carboxylic acids is 1. The van der Waals surface area contributed by atoms with Gasteiger partial charge in [-0.15, -0.1) is 0 Å². The molecule has 0 aromatic carbocycles. The number of nitrogens with two attached hydrogens (primary N) is 1. The van der Waals surface area contributed by atoms with E-state index in [-0.39, 0.29) is 5.91 Å². The van der Waals surface area contributed by atoms with Crippen molar-refractivity contribution in [2.75, 3.05) is 19.6 Å². The Bertz CT molecular complexity index is 345. The van der Waals surface area contributed by atoms with Crippen LogP contribution in [0.5, 0.6) is 0 Å². The van der Waals surface area contributed by atoms with E-state index in [0.29, 0.717) is 11.6 Å². The number of piperidine rings is 1. The predicted octanol–water partition coefficient (Wildman–Crippen LogP) is 0.892. The molecule has 86 valence electrons. The lowest BCUT2D eigenvalue weighted by Crippen LogP contribution is -2.40. The first-order valence-corrected chi connectivity index (χ1v) is 5.71. The number of amides is 1. The fraction of sp³-hybridized carbons (Fsp3) is 0.500. The van der Waals surface area contributed by atoms with Crippen LogP contribution in [0.4, 0.5) is 0 Å². The van der Waals surface area contributed by atoms with Crippen molar-refractivity contribution in [1.82, 2.24) is 9.88 Å². The maximum absolute atomic E-state index is 12.0.